The van der Waals surface area contributed by atoms with Crippen molar-refractivity contribution in [1.82, 2.24) is 15.1 Å². The van der Waals surface area contributed by atoms with Crippen molar-refractivity contribution in [3.05, 3.63) is 70.7 Å². The first-order valence-corrected chi connectivity index (χ1v) is 9.81. The van der Waals surface area contributed by atoms with E-state index in [1.807, 2.05) is 0 Å². The minimum absolute atomic E-state index is 0.0985. The molecule has 1 heterocycles. The number of rotatable bonds is 3. The quantitative estimate of drug-likeness (QED) is 0.494. The van der Waals surface area contributed by atoms with Gasteiger partial charge in [-0.05, 0) is 35.6 Å². The summed E-state index contributed by atoms with van der Waals surface area (Å²) in [5.41, 5.74) is 5.67. The second-order valence-corrected chi connectivity index (χ2v) is 8.42. The lowest BCUT2D eigenvalue weighted by Gasteiger charge is -2.40. The van der Waals surface area contributed by atoms with Crippen molar-refractivity contribution in [2.45, 2.75) is 37.8 Å². The highest BCUT2D eigenvalue weighted by atomic mass is 19.1. The van der Waals surface area contributed by atoms with E-state index in [0.29, 0.717) is 17.2 Å². The molecule has 4 rings (SSSR count). The minimum Gasteiger partial charge on any atom is -0.505 e. The molecule has 0 radical (unpaired) electrons. The van der Waals surface area contributed by atoms with Gasteiger partial charge in [-0.2, -0.15) is 5.10 Å². The van der Waals surface area contributed by atoms with Gasteiger partial charge in [-0.1, -0.05) is 19.9 Å². The number of fused-ring (bicyclic) bond motifs is 1. The first-order valence-electron chi connectivity index (χ1n) is 9.81. The molecule has 3 aromatic rings. The van der Waals surface area contributed by atoms with E-state index in [4.69, 9.17) is 5.73 Å². The first kappa shape index (κ1) is 21.7. The molecule has 0 fully saturated rings. The van der Waals surface area contributed by atoms with E-state index in [0.717, 1.165) is 29.1 Å². The van der Waals surface area contributed by atoms with Gasteiger partial charge in [0.1, 0.15) is 22.9 Å². The maximum absolute atomic E-state index is 14.1. The van der Waals surface area contributed by atoms with Crippen molar-refractivity contribution >= 4 is 11.7 Å². The lowest BCUT2D eigenvalue weighted by molar-refractivity contribution is 0.0682. The molecule has 2 unspecified atom stereocenters. The summed E-state index contributed by atoms with van der Waals surface area (Å²) in [4.78, 5) is 12.9. The highest BCUT2D eigenvalue weighted by molar-refractivity contribution is 5.98. The fourth-order valence-corrected chi connectivity index (χ4v) is 4.27. The summed E-state index contributed by atoms with van der Waals surface area (Å²) in [5, 5.41) is 27.5. The van der Waals surface area contributed by atoms with E-state index in [9.17, 15) is 28.2 Å². The van der Waals surface area contributed by atoms with Crippen LogP contribution in [-0.2, 0) is 5.41 Å². The molecule has 0 saturated heterocycles. The molecule has 1 aliphatic rings. The SMILES string of the molecule is CC1(C)CC(O)C(NC(=O)c2cnn(-c3ccc(F)cc3F)c2N)c2ccc(F)c(O)c21. The highest BCUT2D eigenvalue weighted by Gasteiger charge is 2.42. The van der Waals surface area contributed by atoms with Gasteiger partial charge in [0.15, 0.2) is 17.4 Å². The zero-order valence-electron chi connectivity index (χ0n) is 17.2. The smallest absolute Gasteiger partial charge is 0.257 e. The molecule has 7 nitrogen and oxygen atoms in total. The Morgan fingerprint density at radius 1 is 1.22 bits per heavy atom. The third-order valence-electron chi connectivity index (χ3n) is 5.75. The van der Waals surface area contributed by atoms with Crippen molar-refractivity contribution < 1.29 is 28.2 Å². The summed E-state index contributed by atoms with van der Waals surface area (Å²) in [6.07, 6.45) is 0.241. The Morgan fingerprint density at radius 3 is 2.62 bits per heavy atom. The van der Waals surface area contributed by atoms with Crippen LogP contribution in [0.3, 0.4) is 0 Å². The Labute approximate surface area is 181 Å². The zero-order chi connectivity index (χ0) is 23.4. The van der Waals surface area contributed by atoms with Crippen molar-refractivity contribution in [2.75, 3.05) is 5.73 Å². The van der Waals surface area contributed by atoms with Gasteiger partial charge in [0.25, 0.3) is 5.91 Å². The molecule has 2 atom stereocenters. The fraction of sp³-hybridized carbons (Fsp3) is 0.273. The van der Waals surface area contributed by atoms with E-state index in [1.165, 1.54) is 6.07 Å². The predicted molar refractivity (Wildman–Crippen MR) is 110 cm³/mol. The van der Waals surface area contributed by atoms with Crippen LogP contribution < -0.4 is 11.1 Å². The predicted octanol–water partition coefficient (Wildman–Crippen LogP) is 3.09. The number of nitrogens with zero attached hydrogens (tertiary/aromatic N) is 2. The molecule has 168 valence electrons. The molecule has 10 heteroatoms. The molecular weight excluding hydrogens is 425 g/mol. The second kappa shape index (κ2) is 7.56. The van der Waals surface area contributed by atoms with E-state index >= 15 is 0 Å². The highest BCUT2D eigenvalue weighted by Crippen LogP contribution is 2.46. The fourth-order valence-electron chi connectivity index (χ4n) is 4.27. The van der Waals surface area contributed by atoms with Crippen LogP contribution in [0.2, 0.25) is 0 Å². The van der Waals surface area contributed by atoms with Gasteiger partial charge < -0.3 is 21.3 Å². The van der Waals surface area contributed by atoms with Gasteiger partial charge in [-0.15, -0.1) is 0 Å². The Kier molecular flexibility index (Phi) is 5.12. The molecule has 0 bridgehead atoms. The minimum atomic E-state index is -1.03. The average Bonchev–Trinajstić information content (AvgIpc) is 3.08. The Bertz CT molecular complexity index is 1230. The number of benzene rings is 2. The Morgan fingerprint density at radius 2 is 1.94 bits per heavy atom. The standard InChI is InChI=1S/C22H21F3N4O3/c1-22(2)8-16(30)18(11-4-5-13(24)19(31)17(11)22)28-21(32)12-9-27-29(20(12)26)15-6-3-10(23)7-14(15)25/h3-7,9,16,18,30-31H,8,26H2,1-2H3,(H,28,32). The molecule has 1 aliphatic carbocycles. The summed E-state index contributed by atoms with van der Waals surface area (Å²) in [6.45, 7) is 3.51. The normalized spacial score (nSPS) is 19.4. The number of aliphatic hydroxyl groups is 1. The molecule has 0 saturated carbocycles. The number of hydrogen-bond donors (Lipinski definition) is 4. The van der Waals surface area contributed by atoms with Gasteiger partial charge in [-0.3, -0.25) is 4.79 Å². The van der Waals surface area contributed by atoms with Crippen LogP contribution in [0.1, 0.15) is 47.8 Å². The number of anilines is 1. The topological polar surface area (TPSA) is 113 Å². The number of hydrogen-bond acceptors (Lipinski definition) is 5. The largest absolute Gasteiger partial charge is 0.505 e. The summed E-state index contributed by atoms with van der Waals surface area (Å²) >= 11 is 0. The molecule has 2 aromatic carbocycles. The molecule has 5 N–H and O–H groups in total. The Balaban J connectivity index is 1.68. The number of aromatic hydroxyl groups is 1. The number of carbonyl (C=O) groups excluding carboxylic acids is 1. The van der Waals surface area contributed by atoms with Gasteiger partial charge in [0, 0.05) is 11.6 Å². The zero-order valence-corrected chi connectivity index (χ0v) is 17.2. The van der Waals surface area contributed by atoms with Gasteiger partial charge in [0.2, 0.25) is 0 Å². The number of halogens is 3. The van der Waals surface area contributed by atoms with E-state index < -0.39 is 46.7 Å². The number of nitrogens with one attached hydrogen (secondary N) is 1. The number of aromatic nitrogens is 2. The first-order chi connectivity index (χ1) is 15.0. The summed E-state index contributed by atoms with van der Waals surface area (Å²) < 4.78 is 42.3. The van der Waals surface area contributed by atoms with Crippen LogP contribution in [0.15, 0.2) is 36.5 Å². The Hall–Kier alpha value is -3.53. The lowest BCUT2D eigenvalue weighted by atomic mass is 9.69. The van der Waals surface area contributed by atoms with E-state index in [2.05, 4.69) is 10.4 Å². The number of phenols is 1. The molecule has 32 heavy (non-hydrogen) atoms. The van der Waals surface area contributed by atoms with Gasteiger partial charge in [0.05, 0.1) is 18.3 Å². The molecule has 0 aliphatic heterocycles. The number of nitrogens with two attached hydrogens (primary N) is 1. The molecule has 1 aromatic heterocycles. The number of aliphatic hydroxyl groups excluding tert-OH is 1. The summed E-state index contributed by atoms with van der Waals surface area (Å²) in [7, 11) is 0. The third kappa shape index (κ3) is 3.46. The number of phenolic OH excluding ortho intramolecular Hbond substituents is 1. The number of carbonyl (C=O) groups is 1. The summed E-state index contributed by atoms with van der Waals surface area (Å²) in [6, 6.07) is 4.34. The van der Waals surface area contributed by atoms with Crippen molar-refractivity contribution in [3.8, 4) is 11.4 Å². The molecule has 1 amide bonds. The molecule has 0 spiro atoms. The van der Waals surface area contributed by atoms with Crippen LogP contribution in [0.5, 0.6) is 5.75 Å². The summed E-state index contributed by atoms with van der Waals surface area (Å²) in [5.74, 6) is -3.93. The second-order valence-electron chi connectivity index (χ2n) is 8.42. The third-order valence-corrected chi connectivity index (χ3v) is 5.75. The van der Waals surface area contributed by atoms with Crippen LogP contribution in [-0.4, -0.2) is 32.0 Å². The average molecular weight is 446 g/mol. The van der Waals surface area contributed by atoms with Crippen LogP contribution in [0, 0.1) is 17.5 Å². The van der Waals surface area contributed by atoms with Crippen molar-refractivity contribution in [2.24, 2.45) is 0 Å². The maximum atomic E-state index is 14.1. The number of nitrogen functional groups attached to an aromatic ring is 1. The number of amides is 1. The van der Waals surface area contributed by atoms with Crippen molar-refractivity contribution in [3.63, 3.8) is 0 Å². The van der Waals surface area contributed by atoms with E-state index in [1.54, 1.807) is 13.8 Å². The van der Waals surface area contributed by atoms with Crippen molar-refractivity contribution in [1.29, 1.82) is 0 Å². The van der Waals surface area contributed by atoms with Gasteiger partial charge >= 0.3 is 0 Å². The van der Waals surface area contributed by atoms with E-state index in [-0.39, 0.29) is 23.5 Å². The van der Waals surface area contributed by atoms with Crippen LogP contribution in [0.4, 0.5) is 19.0 Å². The maximum Gasteiger partial charge on any atom is 0.257 e. The van der Waals surface area contributed by atoms with Crippen LogP contribution in [0.25, 0.3) is 5.69 Å². The van der Waals surface area contributed by atoms with Gasteiger partial charge in [-0.25, -0.2) is 17.9 Å². The lowest BCUT2D eigenvalue weighted by Crippen LogP contribution is -2.44. The molecular formula is C22H21F3N4O3. The monoisotopic (exact) mass is 446 g/mol. The van der Waals surface area contributed by atoms with Crippen LogP contribution >= 0.6 is 0 Å².